The fraction of sp³-hybridized carbons (Fsp3) is 0.0667. The van der Waals surface area contributed by atoms with Crippen molar-refractivity contribution in [3.8, 4) is 16.9 Å². The van der Waals surface area contributed by atoms with Crippen LogP contribution in [0.4, 0.5) is 10.2 Å². The number of imidazole rings is 1. The van der Waals surface area contributed by atoms with Crippen LogP contribution in [0.25, 0.3) is 16.9 Å². The Kier molecular flexibility index (Phi) is 3.47. The number of hydrogen-bond donors (Lipinski definition) is 1. The summed E-state index contributed by atoms with van der Waals surface area (Å²) in [6.45, 7) is 1.86. The first kappa shape index (κ1) is 13.8. The van der Waals surface area contributed by atoms with Gasteiger partial charge in [-0.1, -0.05) is 0 Å². The Morgan fingerprint density at radius 2 is 2.10 bits per heavy atom. The fourth-order valence-corrected chi connectivity index (χ4v) is 2.53. The number of anilines is 1. The van der Waals surface area contributed by atoms with E-state index in [1.807, 2.05) is 17.6 Å². The minimum absolute atomic E-state index is 0.286. The van der Waals surface area contributed by atoms with Crippen molar-refractivity contribution in [2.75, 3.05) is 5.73 Å². The van der Waals surface area contributed by atoms with Gasteiger partial charge < -0.3 is 5.73 Å². The van der Waals surface area contributed by atoms with Crippen LogP contribution >= 0.6 is 15.9 Å². The van der Waals surface area contributed by atoms with Crippen molar-refractivity contribution in [1.82, 2.24) is 14.5 Å². The van der Waals surface area contributed by atoms with E-state index in [4.69, 9.17) is 5.73 Å². The number of nitrogens with two attached hydrogens (primary N) is 1. The van der Waals surface area contributed by atoms with Gasteiger partial charge in [0, 0.05) is 11.8 Å². The molecule has 21 heavy (non-hydrogen) atoms. The number of halogens is 2. The molecule has 0 saturated heterocycles. The molecule has 4 nitrogen and oxygen atoms in total. The van der Waals surface area contributed by atoms with Gasteiger partial charge in [-0.15, -0.1) is 0 Å². The number of aromatic nitrogens is 3. The van der Waals surface area contributed by atoms with E-state index in [1.54, 1.807) is 30.9 Å². The Bertz CT molecular complexity index is 813. The van der Waals surface area contributed by atoms with Gasteiger partial charge in [0.05, 0.1) is 28.4 Å². The van der Waals surface area contributed by atoms with Crippen LogP contribution in [0.2, 0.25) is 0 Å². The average Bonchev–Trinajstić information content (AvgIpc) is 2.92. The molecule has 6 heteroatoms. The van der Waals surface area contributed by atoms with Crippen molar-refractivity contribution in [3.05, 3.63) is 58.8 Å². The van der Waals surface area contributed by atoms with Crippen LogP contribution in [0.1, 0.15) is 5.56 Å². The maximum Gasteiger partial charge on any atom is 0.137 e. The summed E-state index contributed by atoms with van der Waals surface area (Å²) in [6.07, 6.45) is 5.08. The second-order valence-electron chi connectivity index (χ2n) is 4.67. The summed E-state index contributed by atoms with van der Waals surface area (Å²) in [4.78, 5) is 8.18. The van der Waals surface area contributed by atoms with E-state index in [1.165, 1.54) is 6.07 Å². The number of pyridine rings is 1. The third-order valence-corrected chi connectivity index (χ3v) is 3.82. The third kappa shape index (κ3) is 2.54. The Morgan fingerprint density at radius 1 is 1.29 bits per heavy atom. The summed E-state index contributed by atoms with van der Waals surface area (Å²) >= 11 is 3.22. The van der Waals surface area contributed by atoms with Gasteiger partial charge in [-0.25, -0.2) is 14.4 Å². The minimum atomic E-state index is -0.286. The molecule has 2 aromatic heterocycles. The summed E-state index contributed by atoms with van der Waals surface area (Å²) in [6, 6.07) is 6.86. The monoisotopic (exact) mass is 346 g/mol. The first-order valence-corrected chi connectivity index (χ1v) is 7.06. The molecular weight excluding hydrogens is 335 g/mol. The lowest BCUT2D eigenvalue weighted by molar-refractivity contribution is 0.619. The Labute approximate surface area is 129 Å². The van der Waals surface area contributed by atoms with Crippen LogP contribution in [0.15, 0.2) is 47.5 Å². The van der Waals surface area contributed by atoms with Crippen molar-refractivity contribution in [2.24, 2.45) is 0 Å². The molecule has 0 spiro atoms. The zero-order valence-corrected chi connectivity index (χ0v) is 12.8. The topological polar surface area (TPSA) is 56.7 Å². The summed E-state index contributed by atoms with van der Waals surface area (Å²) < 4.78 is 15.9. The van der Waals surface area contributed by atoms with E-state index < -0.39 is 0 Å². The number of nitrogen functional groups attached to an aromatic ring is 1. The summed E-state index contributed by atoms with van der Waals surface area (Å²) in [5.41, 5.74) is 9.17. The quantitative estimate of drug-likeness (QED) is 0.769. The molecule has 0 atom stereocenters. The fourth-order valence-electron chi connectivity index (χ4n) is 2.20. The van der Waals surface area contributed by atoms with Gasteiger partial charge in [0.15, 0.2) is 0 Å². The maximum absolute atomic E-state index is 13.6. The molecule has 3 aromatic rings. The number of nitrogens with zero attached hydrogens (tertiary/aromatic N) is 3. The van der Waals surface area contributed by atoms with Gasteiger partial charge in [0.25, 0.3) is 0 Å². The molecule has 0 aliphatic rings. The highest BCUT2D eigenvalue weighted by atomic mass is 79.9. The predicted molar refractivity (Wildman–Crippen MR) is 83.6 cm³/mol. The van der Waals surface area contributed by atoms with Gasteiger partial charge in [0.1, 0.15) is 11.6 Å². The first-order valence-electron chi connectivity index (χ1n) is 6.26. The molecule has 1 aromatic carbocycles. The lowest BCUT2D eigenvalue weighted by atomic mass is 10.1. The molecule has 2 N–H and O–H groups in total. The minimum Gasteiger partial charge on any atom is -0.384 e. The zero-order chi connectivity index (χ0) is 15.0. The van der Waals surface area contributed by atoms with E-state index in [0.29, 0.717) is 10.3 Å². The zero-order valence-electron chi connectivity index (χ0n) is 11.2. The Balaban J connectivity index is 2.18. The van der Waals surface area contributed by atoms with Gasteiger partial charge in [-0.3, -0.25) is 4.57 Å². The predicted octanol–water partition coefficient (Wildman–Crippen LogP) is 3.73. The second-order valence-corrected chi connectivity index (χ2v) is 5.53. The molecular formula is C15H12BrFN4. The molecule has 3 rings (SSSR count). The summed E-state index contributed by atoms with van der Waals surface area (Å²) in [5, 5.41) is 0. The van der Waals surface area contributed by atoms with Crippen LogP contribution in [0, 0.1) is 12.7 Å². The SMILES string of the molecule is Cc1cc(F)c(Br)cc1-n1cncc1-c1ccnc(N)c1. The highest BCUT2D eigenvalue weighted by Gasteiger charge is 2.12. The second kappa shape index (κ2) is 5.29. The van der Waals surface area contributed by atoms with Crippen molar-refractivity contribution in [3.63, 3.8) is 0 Å². The van der Waals surface area contributed by atoms with E-state index in [-0.39, 0.29) is 5.82 Å². The highest BCUT2D eigenvalue weighted by molar-refractivity contribution is 9.10. The van der Waals surface area contributed by atoms with Crippen LogP contribution in [-0.2, 0) is 0 Å². The molecule has 0 fully saturated rings. The molecule has 0 saturated carbocycles. The molecule has 2 heterocycles. The van der Waals surface area contributed by atoms with Crippen LogP contribution < -0.4 is 5.73 Å². The third-order valence-electron chi connectivity index (χ3n) is 3.21. The van der Waals surface area contributed by atoms with Crippen molar-refractivity contribution in [1.29, 1.82) is 0 Å². The average molecular weight is 347 g/mol. The largest absolute Gasteiger partial charge is 0.384 e. The molecule has 0 unspecified atom stereocenters. The van der Waals surface area contributed by atoms with E-state index in [0.717, 1.165) is 22.5 Å². The summed E-state index contributed by atoms with van der Waals surface area (Å²) in [5.74, 6) is 0.156. The van der Waals surface area contributed by atoms with Gasteiger partial charge in [0.2, 0.25) is 0 Å². The number of hydrogen-bond acceptors (Lipinski definition) is 3. The van der Waals surface area contributed by atoms with E-state index in [2.05, 4.69) is 25.9 Å². The Morgan fingerprint density at radius 3 is 2.86 bits per heavy atom. The smallest absolute Gasteiger partial charge is 0.137 e. The summed E-state index contributed by atoms with van der Waals surface area (Å²) in [7, 11) is 0. The number of benzene rings is 1. The van der Waals surface area contributed by atoms with Crippen molar-refractivity contribution < 1.29 is 4.39 Å². The molecule has 0 aliphatic heterocycles. The number of aryl methyl sites for hydroxylation is 1. The normalized spacial score (nSPS) is 10.8. The van der Waals surface area contributed by atoms with E-state index >= 15 is 0 Å². The molecule has 0 bridgehead atoms. The lowest BCUT2D eigenvalue weighted by Crippen LogP contribution is -2.00. The molecule has 0 amide bonds. The van der Waals surface area contributed by atoms with Crippen molar-refractivity contribution >= 4 is 21.7 Å². The standard InChI is InChI=1S/C15H12BrFN4/c1-9-4-12(17)11(16)6-13(9)21-8-19-7-14(21)10-2-3-20-15(18)5-10/h2-8H,1H3,(H2,18,20). The molecule has 0 radical (unpaired) electrons. The highest BCUT2D eigenvalue weighted by Crippen LogP contribution is 2.28. The van der Waals surface area contributed by atoms with Crippen LogP contribution in [-0.4, -0.2) is 14.5 Å². The van der Waals surface area contributed by atoms with Gasteiger partial charge >= 0.3 is 0 Å². The first-order chi connectivity index (χ1) is 10.1. The Hall–Kier alpha value is -2.21. The van der Waals surface area contributed by atoms with Gasteiger partial charge in [-0.2, -0.15) is 0 Å². The molecule has 0 aliphatic carbocycles. The van der Waals surface area contributed by atoms with Crippen LogP contribution in [0.5, 0.6) is 0 Å². The molecule has 106 valence electrons. The van der Waals surface area contributed by atoms with E-state index in [9.17, 15) is 4.39 Å². The van der Waals surface area contributed by atoms with Crippen molar-refractivity contribution in [2.45, 2.75) is 6.92 Å². The van der Waals surface area contributed by atoms with Gasteiger partial charge in [-0.05, 0) is 52.7 Å². The lowest BCUT2D eigenvalue weighted by Gasteiger charge is -2.12. The number of rotatable bonds is 2. The van der Waals surface area contributed by atoms with Crippen LogP contribution in [0.3, 0.4) is 0 Å². The maximum atomic E-state index is 13.6.